The highest BCUT2D eigenvalue weighted by Crippen LogP contribution is 2.30. The first kappa shape index (κ1) is 12.7. The third-order valence-electron chi connectivity index (χ3n) is 2.01. The lowest BCUT2D eigenvalue weighted by Gasteiger charge is -2.13. The first-order valence-electron chi connectivity index (χ1n) is 4.90. The van der Waals surface area contributed by atoms with Gasteiger partial charge in [0.05, 0.1) is 23.0 Å². The molecule has 0 aliphatic rings. The van der Waals surface area contributed by atoms with Crippen LogP contribution in [0.2, 0.25) is 0 Å². The lowest BCUT2D eigenvalue weighted by Crippen LogP contribution is -2.15. The van der Waals surface area contributed by atoms with Gasteiger partial charge in [-0.15, -0.1) is 11.8 Å². The fourth-order valence-electron chi connectivity index (χ4n) is 1.27. The number of rotatable bonds is 3. The van der Waals surface area contributed by atoms with Gasteiger partial charge in [-0.1, -0.05) is 0 Å². The van der Waals surface area contributed by atoms with E-state index in [9.17, 15) is 4.79 Å². The molecule has 1 aromatic carbocycles. The smallest absolute Gasteiger partial charge is 0.341 e. The van der Waals surface area contributed by atoms with E-state index in [1.165, 1.54) is 11.8 Å². The average Bonchev–Trinajstić information content (AvgIpc) is 2.20. The van der Waals surface area contributed by atoms with Gasteiger partial charge in [-0.2, -0.15) is 0 Å². The van der Waals surface area contributed by atoms with Gasteiger partial charge in [0.15, 0.2) is 0 Å². The van der Waals surface area contributed by atoms with Crippen molar-refractivity contribution in [3.05, 3.63) is 17.7 Å². The topological polar surface area (TPSA) is 78.3 Å². The average molecular weight is 240 g/mol. The summed E-state index contributed by atoms with van der Waals surface area (Å²) < 4.78 is 5.13. The molecule has 0 saturated carbocycles. The summed E-state index contributed by atoms with van der Waals surface area (Å²) in [6, 6.07) is 3.46. The van der Waals surface area contributed by atoms with E-state index in [-0.39, 0.29) is 11.8 Å². The van der Waals surface area contributed by atoms with Crippen molar-refractivity contribution in [3.8, 4) is 0 Å². The second kappa shape index (κ2) is 5.12. The lowest BCUT2D eigenvalue weighted by molar-refractivity contribution is 0.0375. The zero-order valence-corrected chi connectivity index (χ0v) is 10.4. The molecule has 4 nitrogen and oxygen atoms in total. The minimum atomic E-state index is -0.427. The van der Waals surface area contributed by atoms with Gasteiger partial charge in [0.25, 0.3) is 0 Å². The van der Waals surface area contributed by atoms with Crippen LogP contribution in [0.5, 0.6) is 0 Å². The minimum Gasteiger partial charge on any atom is -0.459 e. The Bertz CT molecular complexity index is 405. The van der Waals surface area contributed by atoms with Gasteiger partial charge in [0, 0.05) is 4.90 Å². The first-order chi connectivity index (χ1) is 7.47. The summed E-state index contributed by atoms with van der Waals surface area (Å²) in [5, 5.41) is 0. The molecule has 1 aromatic rings. The summed E-state index contributed by atoms with van der Waals surface area (Å²) in [7, 11) is 0. The third kappa shape index (κ3) is 2.61. The van der Waals surface area contributed by atoms with Crippen molar-refractivity contribution < 1.29 is 9.53 Å². The molecule has 1 rings (SSSR count). The molecule has 16 heavy (non-hydrogen) atoms. The van der Waals surface area contributed by atoms with Crippen molar-refractivity contribution in [2.45, 2.75) is 24.8 Å². The van der Waals surface area contributed by atoms with E-state index in [4.69, 9.17) is 16.2 Å². The zero-order chi connectivity index (χ0) is 12.3. The predicted molar refractivity (Wildman–Crippen MR) is 67.6 cm³/mol. The van der Waals surface area contributed by atoms with Crippen LogP contribution < -0.4 is 11.5 Å². The van der Waals surface area contributed by atoms with Crippen molar-refractivity contribution >= 4 is 29.1 Å². The lowest BCUT2D eigenvalue weighted by atomic mass is 10.1. The first-order valence-corrected chi connectivity index (χ1v) is 6.12. The normalized spacial score (nSPS) is 10.5. The second-order valence-corrected chi connectivity index (χ2v) is 4.45. The van der Waals surface area contributed by atoms with Crippen LogP contribution in [0.25, 0.3) is 0 Å². The molecular weight excluding hydrogens is 224 g/mol. The van der Waals surface area contributed by atoms with E-state index in [0.29, 0.717) is 11.3 Å². The summed E-state index contributed by atoms with van der Waals surface area (Å²) in [6.07, 6.45) is 1.69. The number of nitrogens with two attached hydrogens (primary N) is 2. The number of hydrogen-bond acceptors (Lipinski definition) is 5. The Kier molecular flexibility index (Phi) is 4.06. The van der Waals surface area contributed by atoms with Crippen LogP contribution in [-0.2, 0) is 4.74 Å². The molecule has 0 aromatic heterocycles. The Morgan fingerprint density at radius 2 is 2.00 bits per heavy atom. The number of nitrogen functional groups attached to an aromatic ring is 2. The summed E-state index contributed by atoms with van der Waals surface area (Å²) in [5.74, 6) is -0.427. The number of ether oxygens (including phenoxy) is 1. The second-order valence-electron chi connectivity index (χ2n) is 3.60. The van der Waals surface area contributed by atoms with E-state index >= 15 is 0 Å². The molecule has 0 fully saturated rings. The van der Waals surface area contributed by atoms with Gasteiger partial charge in [-0.3, -0.25) is 0 Å². The number of hydrogen-bond donors (Lipinski definition) is 2. The summed E-state index contributed by atoms with van der Waals surface area (Å²) in [4.78, 5) is 12.6. The number of anilines is 2. The number of thioether (sulfide) groups is 1. The van der Waals surface area contributed by atoms with Crippen LogP contribution in [0.15, 0.2) is 17.0 Å². The Hall–Kier alpha value is -1.36. The van der Waals surface area contributed by atoms with Crippen molar-refractivity contribution in [2.75, 3.05) is 17.7 Å². The Labute approximate surface area is 99.3 Å². The molecule has 0 saturated heterocycles. The van der Waals surface area contributed by atoms with E-state index in [1.54, 1.807) is 26.0 Å². The highest BCUT2D eigenvalue weighted by Gasteiger charge is 2.19. The van der Waals surface area contributed by atoms with Crippen LogP contribution in [-0.4, -0.2) is 18.3 Å². The van der Waals surface area contributed by atoms with E-state index in [1.807, 2.05) is 6.26 Å². The van der Waals surface area contributed by atoms with Crippen LogP contribution in [0.1, 0.15) is 24.2 Å². The molecule has 4 N–H and O–H groups in total. The SMILES string of the molecule is CSc1ccc(N)c(N)c1C(=O)OC(C)C. The summed E-state index contributed by atoms with van der Waals surface area (Å²) in [6.45, 7) is 3.58. The molecular formula is C11H16N2O2S. The number of benzene rings is 1. The third-order valence-corrected chi connectivity index (χ3v) is 2.79. The zero-order valence-electron chi connectivity index (χ0n) is 9.61. The molecule has 0 spiro atoms. The molecule has 0 unspecified atom stereocenters. The van der Waals surface area contributed by atoms with Crippen LogP contribution in [0.3, 0.4) is 0 Å². The fourth-order valence-corrected chi connectivity index (χ4v) is 1.87. The summed E-state index contributed by atoms with van der Waals surface area (Å²) in [5.41, 5.74) is 12.5. The molecule has 0 amide bonds. The van der Waals surface area contributed by atoms with Crippen molar-refractivity contribution in [3.63, 3.8) is 0 Å². The Morgan fingerprint density at radius 3 is 2.50 bits per heavy atom. The van der Waals surface area contributed by atoms with Gasteiger partial charge in [0.1, 0.15) is 0 Å². The quantitative estimate of drug-likeness (QED) is 0.481. The molecule has 88 valence electrons. The van der Waals surface area contributed by atoms with Crippen LogP contribution >= 0.6 is 11.8 Å². The van der Waals surface area contributed by atoms with Crippen molar-refractivity contribution in [1.82, 2.24) is 0 Å². The highest BCUT2D eigenvalue weighted by atomic mass is 32.2. The Morgan fingerprint density at radius 1 is 1.38 bits per heavy atom. The van der Waals surface area contributed by atoms with Gasteiger partial charge in [-0.05, 0) is 32.2 Å². The number of esters is 1. The molecule has 0 bridgehead atoms. The molecule has 0 aliphatic heterocycles. The standard InChI is InChI=1S/C11H16N2O2S/c1-6(2)15-11(14)9-8(16-3)5-4-7(12)10(9)13/h4-6H,12-13H2,1-3H3. The molecule has 0 radical (unpaired) electrons. The Balaban J connectivity index is 3.19. The van der Waals surface area contributed by atoms with Crippen LogP contribution in [0, 0.1) is 0 Å². The molecule has 0 aliphatic carbocycles. The van der Waals surface area contributed by atoms with E-state index < -0.39 is 5.97 Å². The largest absolute Gasteiger partial charge is 0.459 e. The number of carbonyl (C=O) groups excluding carboxylic acids is 1. The van der Waals surface area contributed by atoms with Gasteiger partial charge in [-0.25, -0.2) is 4.79 Å². The van der Waals surface area contributed by atoms with Gasteiger partial charge < -0.3 is 16.2 Å². The minimum absolute atomic E-state index is 0.178. The van der Waals surface area contributed by atoms with Crippen molar-refractivity contribution in [1.29, 1.82) is 0 Å². The number of carbonyl (C=O) groups is 1. The molecule has 0 heterocycles. The maximum atomic E-state index is 11.8. The van der Waals surface area contributed by atoms with Crippen molar-refractivity contribution in [2.24, 2.45) is 0 Å². The maximum Gasteiger partial charge on any atom is 0.341 e. The summed E-state index contributed by atoms with van der Waals surface area (Å²) >= 11 is 1.44. The van der Waals surface area contributed by atoms with Gasteiger partial charge >= 0.3 is 5.97 Å². The van der Waals surface area contributed by atoms with E-state index in [0.717, 1.165) is 4.90 Å². The highest BCUT2D eigenvalue weighted by molar-refractivity contribution is 7.98. The molecule has 0 atom stereocenters. The van der Waals surface area contributed by atoms with Gasteiger partial charge in [0.2, 0.25) is 0 Å². The maximum absolute atomic E-state index is 11.8. The molecule has 5 heteroatoms. The predicted octanol–water partition coefficient (Wildman–Crippen LogP) is 2.14. The van der Waals surface area contributed by atoms with E-state index in [2.05, 4.69) is 0 Å². The fraction of sp³-hybridized carbons (Fsp3) is 0.364. The monoisotopic (exact) mass is 240 g/mol. The van der Waals surface area contributed by atoms with Crippen LogP contribution in [0.4, 0.5) is 11.4 Å².